The van der Waals surface area contributed by atoms with Crippen molar-refractivity contribution in [1.82, 2.24) is 5.32 Å². The standard InChI is InChI=1S/C14H22BrNO2/c1-10(2)16-8-12-5-6-14(13(15)7-12)18-11(3)9-17-4/h5-7,10-11,16H,8-9H2,1-4H3. The Morgan fingerprint density at radius 3 is 2.56 bits per heavy atom. The minimum Gasteiger partial charge on any atom is -0.487 e. The van der Waals surface area contributed by atoms with Crippen LogP contribution >= 0.6 is 15.9 Å². The molecule has 1 aromatic rings. The molecule has 0 spiro atoms. The third-order valence-corrected chi connectivity index (χ3v) is 3.06. The Morgan fingerprint density at radius 2 is 2.00 bits per heavy atom. The molecule has 102 valence electrons. The predicted molar refractivity (Wildman–Crippen MR) is 78.1 cm³/mol. The van der Waals surface area contributed by atoms with Gasteiger partial charge in [0, 0.05) is 19.7 Å². The summed E-state index contributed by atoms with van der Waals surface area (Å²) in [5, 5.41) is 3.39. The van der Waals surface area contributed by atoms with Crippen molar-refractivity contribution in [2.45, 2.75) is 39.5 Å². The van der Waals surface area contributed by atoms with Crippen LogP contribution in [0.5, 0.6) is 5.75 Å². The lowest BCUT2D eigenvalue weighted by molar-refractivity contribution is 0.0915. The Balaban J connectivity index is 2.61. The molecule has 0 heterocycles. The molecule has 1 unspecified atom stereocenters. The smallest absolute Gasteiger partial charge is 0.134 e. The molecule has 0 bridgehead atoms. The Labute approximate surface area is 118 Å². The maximum Gasteiger partial charge on any atom is 0.134 e. The van der Waals surface area contributed by atoms with E-state index in [2.05, 4.69) is 47.2 Å². The minimum atomic E-state index is 0.0472. The molecular weight excluding hydrogens is 294 g/mol. The molecule has 18 heavy (non-hydrogen) atoms. The fraction of sp³-hybridized carbons (Fsp3) is 0.571. The van der Waals surface area contributed by atoms with Gasteiger partial charge in [0.1, 0.15) is 11.9 Å². The fourth-order valence-electron chi connectivity index (χ4n) is 1.56. The van der Waals surface area contributed by atoms with Crippen LogP contribution in [0.3, 0.4) is 0 Å². The highest BCUT2D eigenvalue weighted by Crippen LogP contribution is 2.27. The summed E-state index contributed by atoms with van der Waals surface area (Å²) >= 11 is 3.54. The average Bonchev–Trinajstić information content (AvgIpc) is 2.30. The van der Waals surface area contributed by atoms with Crippen molar-refractivity contribution in [3.63, 3.8) is 0 Å². The van der Waals surface area contributed by atoms with Gasteiger partial charge in [-0.1, -0.05) is 19.9 Å². The summed E-state index contributed by atoms with van der Waals surface area (Å²) in [5.41, 5.74) is 1.24. The molecular formula is C14H22BrNO2. The highest BCUT2D eigenvalue weighted by atomic mass is 79.9. The van der Waals surface area contributed by atoms with Gasteiger partial charge >= 0.3 is 0 Å². The van der Waals surface area contributed by atoms with E-state index in [0.29, 0.717) is 12.6 Å². The van der Waals surface area contributed by atoms with Gasteiger partial charge in [-0.25, -0.2) is 0 Å². The first-order valence-electron chi connectivity index (χ1n) is 6.20. The van der Waals surface area contributed by atoms with Gasteiger partial charge in [0.05, 0.1) is 11.1 Å². The number of ether oxygens (including phenoxy) is 2. The topological polar surface area (TPSA) is 30.5 Å². The SMILES string of the molecule is COCC(C)Oc1ccc(CNC(C)C)cc1Br. The average molecular weight is 316 g/mol. The molecule has 0 amide bonds. The third kappa shape index (κ3) is 5.38. The Kier molecular flexibility index (Phi) is 6.68. The van der Waals surface area contributed by atoms with Gasteiger partial charge in [0.25, 0.3) is 0 Å². The van der Waals surface area contributed by atoms with E-state index >= 15 is 0 Å². The Hall–Kier alpha value is -0.580. The molecule has 0 radical (unpaired) electrons. The lowest BCUT2D eigenvalue weighted by atomic mass is 10.2. The summed E-state index contributed by atoms with van der Waals surface area (Å²) in [7, 11) is 1.68. The molecule has 0 aromatic heterocycles. The molecule has 1 atom stereocenters. The van der Waals surface area contributed by atoms with Crippen molar-refractivity contribution in [3.8, 4) is 5.75 Å². The molecule has 1 rings (SSSR count). The summed E-state index contributed by atoms with van der Waals surface area (Å²) in [6.07, 6.45) is 0.0472. The second kappa shape index (κ2) is 7.77. The van der Waals surface area contributed by atoms with Crippen molar-refractivity contribution in [2.75, 3.05) is 13.7 Å². The van der Waals surface area contributed by atoms with Crippen molar-refractivity contribution < 1.29 is 9.47 Å². The highest BCUT2D eigenvalue weighted by Gasteiger charge is 2.07. The second-order valence-electron chi connectivity index (χ2n) is 4.68. The number of benzene rings is 1. The second-order valence-corrected chi connectivity index (χ2v) is 5.54. The molecule has 0 aliphatic heterocycles. The van der Waals surface area contributed by atoms with Crippen LogP contribution in [0.2, 0.25) is 0 Å². The highest BCUT2D eigenvalue weighted by molar-refractivity contribution is 9.10. The first-order chi connectivity index (χ1) is 8.52. The van der Waals surface area contributed by atoms with Crippen molar-refractivity contribution in [3.05, 3.63) is 28.2 Å². The van der Waals surface area contributed by atoms with Gasteiger partial charge in [-0.05, 0) is 40.5 Å². The van der Waals surface area contributed by atoms with Crippen LogP contribution in [0.4, 0.5) is 0 Å². The lowest BCUT2D eigenvalue weighted by Gasteiger charge is -2.16. The Bertz CT molecular complexity index is 369. The molecule has 0 aliphatic carbocycles. The first-order valence-corrected chi connectivity index (χ1v) is 6.99. The lowest BCUT2D eigenvalue weighted by Crippen LogP contribution is -2.22. The van der Waals surface area contributed by atoms with E-state index in [9.17, 15) is 0 Å². The van der Waals surface area contributed by atoms with Crippen LogP contribution in [-0.2, 0) is 11.3 Å². The number of halogens is 1. The molecule has 0 fully saturated rings. The van der Waals surface area contributed by atoms with E-state index in [1.165, 1.54) is 5.56 Å². The van der Waals surface area contributed by atoms with Gasteiger partial charge in [-0.3, -0.25) is 0 Å². The van der Waals surface area contributed by atoms with Gasteiger partial charge in [0.15, 0.2) is 0 Å². The molecule has 4 heteroatoms. The summed E-state index contributed by atoms with van der Waals surface area (Å²) in [5.74, 6) is 0.854. The van der Waals surface area contributed by atoms with E-state index in [1.54, 1.807) is 7.11 Å². The quantitative estimate of drug-likeness (QED) is 0.837. The van der Waals surface area contributed by atoms with E-state index < -0.39 is 0 Å². The molecule has 1 aromatic carbocycles. The molecule has 0 aliphatic rings. The van der Waals surface area contributed by atoms with Gasteiger partial charge < -0.3 is 14.8 Å². The van der Waals surface area contributed by atoms with Crippen molar-refractivity contribution in [2.24, 2.45) is 0 Å². The normalized spacial score (nSPS) is 12.8. The first kappa shape index (κ1) is 15.5. The van der Waals surface area contributed by atoms with Gasteiger partial charge in [0.2, 0.25) is 0 Å². The summed E-state index contributed by atoms with van der Waals surface area (Å²) in [6, 6.07) is 6.65. The zero-order chi connectivity index (χ0) is 13.5. The Morgan fingerprint density at radius 1 is 1.28 bits per heavy atom. The number of hydrogen-bond acceptors (Lipinski definition) is 3. The van der Waals surface area contributed by atoms with Crippen molar-refractivity contribution in [1.29, 1.82) is 0 Å². The number of hydrogen-bond donors (Lipinski definition) is 1. The summed E-state index contributed by atoms with van der Waals surface area (Å²) in [6.45, 7) is 7.72. The van der Waals surface area contributed by atoms with E-state index in [1.807, 2.05) is 13.0 Å². The monoisotopic (exact) mass is 315 g/mol. The summed E-state index contributed by atoms with van der Waals surface area (Å²) < 4.78 is 11.8. The van der Waals surface area contributed by atoms with E-state index in [4.69, 9.17) is 9.47 Å². The zero-order valence-corrected chi connectivity index (χ0v) is 13.1. The maximum atomic E-state index is 5.77. The van der Waals surface area contributed by atoms with Crippen LogP contribution in [0.1, 0.15) is 26.3 Å². The third-order valence-electron chi connectivity index (χ3n) is 2.44. The zero-order valence-electron chi connectivity index (χ0n) is 11.5. The molecule has 1 N–H and O–H groups in total. The van der Waals surface area contributed by atoms with Crippen molar-refractivity contribution >= 4 is 15.9 Å². The van der Waals surface area contributed by atoms with Crippen LogP contribution in [0.25, 0.3) is 0 Å². The van der Waals surface area contributed by atoms with Gasteiger partial charge in [-0.2, -0.15) is 0 Å². The molecule has 3 nitrogen and oxygen atoms in total. The van der Waals surface area contributed by atoms with E-state index in [0.717, 1.165) is 16.8 Å². The molecule has 0 saturated heterocycles. The minimum absolute atomic E-state index is 0.0472. The number of methoxy groups -OCH3 is 1. The maximum absolute atomic E-state index is 5.77. The number of nitrogens with one attached hydrogen (secondary N) is 1. The van der Waals surface area contributed by atoms with Crippen LogP contribution in [0, 0.1) is 0 Å². The van der Waals surface area contributed by atoms with Crippen LogP contribution < -0.4 is 10.1 Å². The summed E-state index contributed by atoms with van der Waals surface area (Å²) in [4.78, 5) is 0. The van der Waals surface area contributed by atoms with E-state index in [-0.39, 0.29) is 6.10 Å². The molecule has 0 saturated carbocycles. The van der Waals surface area contributed by atoms with Crippen LogP contribution in [-0.4, -0.2) is 25.9 Å². The largest absolute Gasteiger partial charge is 0.487 e. The fourth-order valence-corrected chi connectivity index (χ4v) is 2.08. The van der Waals surface area contributed by atoms with Crippen LogP contribution in [0.15, 0.2) is 22.7 Å². The van der Waals surface area contributed by atoms with Gasteiger partial charge in [-0.15, -0.1) is 0 Å². The predicted octanol–water partition coefficient (Wildman–Crippen LogP) is 3.36. The number of rotatable bonds is 7.